The van der Waals surface area contributed by atoms with Crippen LogP contribution in [0.1, 0.15) is 18.4 Å². The Hall–Kier alpha value is -1.49. The van der Waals surface area contributed by atoms with Crippen LogP contribution < -0.4 is 0 Å². The van der Waals surface area contributed by atoms with Crippen LogP contribution >= 0.6 is 15.9 Å². The third kappa shape index (κ3) is 4.66. The Morgan fingerprint density at radius 1 is 0.529 bits per heavy atom. The maximum Gasteiger partial charge on any atom is 0.389 e. The largest absolute Gasteiger partial charge is 0.389 e. The van der Waals surface area contributed by atoms with Crippen molar-refractivity contribution in [1.82, 2.24) is 0 Å². The van der Waals surface area contributed by atoms with Gasteiger partial charge in [-0.2, -0.15) is 74.6 Å². The van der Waals surface area contributed by atoms with Gasteiger partial charge in [-0.05, 0) is 12.1 Å². The highest BCUT2D eigenvalue weighted by Gasteiger charge is 2.92. The molecule has 0 atom stereocenters. The molecule has 198 valence electrons. The molecule has 1 rings (SSSR count). The van der Waals surface area contributed by atoms with E-state index in [-0.39, 0.29) is 12.1 Å². The minimum atomic E-state index is -8.34. The second kappa shape index (κ2) is 8.57. The zero-order valence-electron chi connectivity index (χ0n) is 15.5. The van der Waals surface area contributed by atoms with Gasteiger partial charge in [-0.3, -0.25) is 0 Å². The van der Waals surface area contributed by atoms with Crippen molar-refractivity contribution in [3.05, 3.63) is 34.3 Å². The maximum absolute atomic E-state index is 14.0. The lowest BCUT2D eigenvalue weighted by Crippen LogP contribution is -2.72. The number of rotatable bonds is 9. The van der Waals surface area contributed by atoms with Crippen LogP contribution in [0.5, 0.6) is 0 Å². The summed E-state index contributed by atoms with van der Waals surface area (Å²) < 4.78 is 227. The molecule has 0 radical (unpaired) electrons. The molecule has 0 spiro atoms. The summed E-state index contributed by atoms with van der Waals surface area (Å²) in [4.78, 5) is 0. The smallest absolute Gasteiger partial charge is 0.200 e. The molecular formula is C16H8BrF17. The summed E-state index contributed by atoms with van der Waals surface area (Å²) in [6.07, 6.45) is -12.1. The van der Waals surface area contributed by atoms with Crippen LogP contribution in [0.2, 0.25) is 0 Å². The van der Waals surface area contributed by atoms with Gasteiger partial charge in [-0.15, -0.1) is 0 Å². The fourth-order valence-electron chi connectivity index (χ4n) is 2.34. The molecule has 0 aliphatic rings. The Kier molecular flexibility index (Phi) is 7.70. The van der Waals surface area contributed by atoms with Crippen LogP contribution in [0, 0.1) is 0 Å². The average molecular weight is 603 g/mol. The van der Waals surface area contributed by atoms with Gasteiger partial charge in [0.1, 0.15) is 0 Å². The molecule has 0 saturated carbocycles. The van der Waals surface area contributed by atoms with E-state index in [9.17, 15) is 74.6 Å². The second-order valence-corrected chi connectivity index (χ2v) is 7.69. The SMILES string of the molecule is FC(F)(F)CCC(F)(F)C(F)(F)C(F)(F)C(F)(F)C(F)(F)C(F)(F)C(F)(F)c1cccc(Br)c1. The van der Waals surface area contributed by atoms with Crippen molar-refractivity contribution in [2.75, 3.05) is 0 Å². The molecule has 0 fully saturated rings. The predicted molar refractivity (Wildman–Crippen MR) is 83.0 cm³/mol. The van der Waals surface area contributed by atoms with Crippen LogP contribution in [0.4, 0.5) is 74.6 Å². The van der Waals surface area contributed by atoms with Crippen molar-refractivity contribution < 1.29 is 74.6 Å². The van der Waals surface area contributed by atoms with E-state index in [0.717, 1.165) is 6.07 Å². The van der Waals surface area contributed by atoms with Crippen molar-refractivity contribution in [2.45, 2.75) is 60.5 Å². The van der Waals surface area contributed by atoms with E-state index in [4.69, 9.17) is 0 Å². The fraction of sp³-hybridized carbons (Fsp3) is 0.625. The van der Waals surface area contributed by atoms with E-state index in [1.165, 1.54) is 0 Å². The van der Waals surface area contributed by atoms with Crippen LogP contribution in [-0.4, -0.2) is 41.7 Å². The molecule has 0 bridgehead atoms. The van der Waals surface area contributed by atoms with Crippen LogP contribution in [0.3, 0.4) is 0 Å². The first-order valence-corrected chi connectivity index (χ1v) is 8.97. The monoisotopic (exact) mass is 602 g/mol. The molecule has 0 N–H and O–H groups in total. The molecule has 1 aromatic carbocycles. The zero-order chi connectivity index (χ0) is 27.4. The Labute approximate surface area is 186 Å². The molecule has 18 heteroatoms. The summed E-state index contributed by atoms with van der Waals surface area (Å²) in [7, 11) is 0. The minimum Gasteiger partial charge on any atom is -0.200 e. The topological polar surface area (TPSA) is 0 Å². The summed E-state index contributed by atoms with van der Waals surface area (Å²) in [6, 6.07) is 1.19. The summed E-state index contributed by atoms with van der Waals surface area (Å²) in [5.41, 5.74) is -2.20. The highest BCUT2D eigenvalue weighted by atomic mass is 79.9. The van der Waals surface area contributed by atoms with Gasteiger partial charge >= 0.3 is 47.6 Å². The van der Waals surface area contributed by atoms with Gasteiger partial charge in [-0.1, -0.05) is 28.1 Å². The third-order valence-electron chi connectivity index (χ3n) is 4.34. The molecule has 0 aromatic heterocycles. The van der Waals surface area contributed by atoms with Crippen molar-refractivity contribution in [3.63, 3.8) is 0 Å². The Morgan fingerprint density at radius 3 is 1.35 bits per heavy atom. The van der Waals surface area contributed by atoms with Gasteiger partial charge in [-0.25, -0.2) is 0 Å². The lowest BCUT2D eigenvalue weighted by atomic mass is 9.86. The summed E-state index contributed by atoms with van der Waals surface area (Å²) in [6.45, 7) is 0. The van der Waals surface area contributed by atoms with Crippen LogP contribution in [0.15, 0.2) is 28.7 Å². The number of hydrogen-bond acceptors (Lipinski definition) is 0. The van der Waals surface area contributed by atoms with E-state index < -0.39 is 70.5 Å². The first kappa shape index (κ1) is 30.5. The molecular weight excluding hydrogens is 595 g/mol. The van der Waals surface area contributed by atoms with Gasteiger partial charge < -0.3 is 0 Å². The molecule has 34 heavy (non-hydrogen) atoms. The number of alkyl halides is 17. The predicted octanol–water partition coefficient (Wildman–Crippen LogP) is 8.70. The molecule has 0 aliphatic heterocycles. The highest BCUT2D eigenvalue weighted by molar-refractivity contribution is 9.10. The lowest BCUT2D eigenvalue weighted by Gasteiger charge is -2.42. The van der Waals surface area contributed by atoms with E-state index in [1.54, 1.807) is 0 Å². The second-order valence-electron chi connectivity index (χ2n) is 6.78. The molecule has 0 unspecified atom stereocenters. The van der Waals surface area contributed by atoms with E-state index in [2.05, 4.69) is 15.9 Å². The zero-order valence-corrected chi connectivity index (χ0v) is 17.1. The van der Waals surface area contributed by atoms with Gasteiger partial charge in [0.05, 0.1) is 0 Å². The molecule has 0 saturated heterocycles. The number of hydrogen-bond donors (Lipinski definition) is 0. The van der Waals surface area contributed by atoms with Gasteiger partial charge in [0.15, 0.2) is 0 Å². The normalized spacial score (nSPS) is 15.6. The fourth-order valence-corrected chi connectivity index (χ4v) is 2.74. The van der Waals surface area contributed by atoms with Crippen molar-refractivity contribution in [3.8, 4) is 0 Å². The molecule has 0 heterocycles. The third-order valence-corrected chi connectivity index (χ3v) is 4.83. The quantitative estimate of drug-likeness (QED) is 0.248. The maximum atomic E-state index is 14.0. The summed E-state index contributed by atoms with van der Waals surface area (Å²) >= 11 is 2.42. The van der Waals surface area contributed by atoms with E-state index in [1.807, 2.05) is 0 Å². The average Bonchev–Trinajstić information content (AvgIpc) is 2.65. The minimum absolute atomic E-state index is 0.0554. The number of benzene rings is 1. The Balaban J connectivity index is 3.59. The first-order chi connectivity index (χ1) is 14.7. The van der Waals surface area contributed by atoms with Gasteiger partial charge in [0.25, 0.3) is 0 Å². The molecule has 0 nitrogen and oxygen atoms in total. The highest BCUT2D eigenvalue weighted by Crippen LogP contribution is 2.64. The van der Waals surface area contributed by atoms with Crippen molar-refractivity contribution >= 4 is 15.9 Å². The standard InChI is InChI=1S/C16H8BrF17/c17-8-3-1-2-7(6-8)11(23,24)13(27,28)15(31,32)16(33,34)14(29,30)12(25,26)9(18,19)4-5-10(20,21)22/h1-3,6H,4-5H2. The molecule has 0 aliphatic carbocycles. The Bertz CT molecular complexity index is 871. The van der Waals surface area contributed by atoms with Crippen LogP contribution in [0.25, 0.3) is 0 Å². The lowest BCUT2D eigenvalue weighted by molar-refractivity contribution is -0.443. The van der Waals surface area contributed by atoms with Gasteiger partial charge in [0, 0.05) is 22.9 Å². The number of halogens is 18. The van der Waals surface area contributed by atoms with Crippen molar-refractivity contribution in [1.29, 1.82) is 0 Å². The van der Waals surface area contributed by atoms with Crippen LogP contribution in [-0.2, 0) is 5.92 Å². The summed E-state index contributed by atoms with van der Waals surface area (Å²) in [5.74, 6) is -53.5. The van der Waals surface area contributed by atoms with E-state index >= 15 is 0 Å². The molecule has 1 aromatic rings. The molecule has 0 amide bonds. The van der Waals surface area contributed by atoms with Crippen molar-refractivity contribution in [2.24, 2.45) is 0 Å². The Morgan fingerprint density at radius 2 is 0.941 bits per heavy atom. The summed E-state index contributed by atoms with van der Waals surface area (Å²) in [5, 5.41) is 0. The van der Waals surface area contributed by atoms with E-state index in [0.29, 0.717) is 6.07 Å². The first-order valence-electron chi connectivity index (χ1n) is 8.18. The van der Waals surface area contributed by atoms with Gasteiger partial charge in [0.2, 0.25) is 0 Å².